The number of aryl methyl sites for hydroxylation is 1. The normalized spacial score (nSPS) is 10.0. The van der Waals surface area contributed by atoms with Crippen molar-refractivity contribution in [2.24, 2.45) is 0 Å². The van der Waals surface area contributed by atoms with Crippen LogP contribution in [0.4, 0.5) is 0 Å². The second kappa shape index (κ2) is 7.60. The van der Waals surface area contributed by atoms with Gasteiger partial charge in [0, 0.05) is 13.1 Å². The number of methoxy groups -OCH3 is 1. The van der Waals surface area contributed by atoms with Crippen LogP contribution in [0.15, 0.2) is 6.07 Å². The van der Waals surface area contributed by atoms with E-state index in [9.17, 15) is 14.9 Å². The minimum absolute atomic E-state index is 0.0239. The highest BCUT2D eigenvalue weighted by Gasteiger charge is 2.22. The summed E-state index contributed by atoms with van der Waals surface area (Å²) in [5.41, 5.74) is 2.76. The molecule has 1 rings (SSSR count). The number of carbonyl (C=O) groups is 2. The molecule has 0 aliphatic rings. The molecule has 0 aliphatic carbocycles. The Morgan fingerprint density at radius 3 is 2.32 bits per heavy atom. The molecular weight excluding hydrogens is 280 g/mol. The van der Waals surface area contributed by atoms with E-state index in [0.717, 1.165) is 11.1 Å². The van der Waals surface area contributed by atoms with Crippen LogP contribution in [0.2, 0.25) is 0 Å². The van der Waals surface area contributed by atoms with Gasteiger partial charge in [0.2, 0.25) is 5.91 Å². The molecule has 0 aromatic heterocycles. The molecule has 0 bridgehead atoms. The van der Waals surface area contributed by atoms with Gasteiger partial charge in [-0.2, -0.15) is 5.26 Å². The van der Waals surface area contributed by atoms with Gasteiger partial charge in [0.25, 0.3) is 0 Å². The molecular formula is C17H22N2O3. The first-order valence-electron chi connectivity index (χ1n) is 7.30. The number of carbonyl (C=O) groups excluding carboxylic acids is 2. The Morgan fingerprint density at radius 1 is 1.27 bits per heavy atom. The van der Waals surface area contributed by atoms with E-state index in [4.69, 9.17) is 4.74 Å². The number of amides is 1. The van der Waals surface area contributed by atoms with Gasteiger partial charge in [-0.05, 0) is 50.5 Å². The maximum atomic E-state index is 12.4. The fourth-order valence-electron chi connectivity index (χ4n) is 2.44. The maximum absolute atomic E-state index is 12.4. The van der Waals surface area contributed by atoms with Crippen LogP contribution in [0.1, 0.15) is 46.5 Å². The number of nitrogens with zero attached hydrogens (tertiary/aromatic N) is 2. The second-order valence-corrected chi connectivity index (χ2v) is 5.07. The van der Waals surface area contributed by atoms with Gasteiger partial charge in [0.05, 0.1) is 30.7 Å². The minimum atomic E-state index is -0.526. The number of likely N-dealkylation sites (N-methyl/N-ethyl adjacent to an activating group) is 1. The van der Waals surface area contributed by atoms with Gasteiger partial charge in [-0.25, -0.2) is 4.79 Å². The van der Waals surface area contributed by atoms with Crippen LogP contribution >= 0.6 is 0 Å². The highest BCUT2D eigenvalue weighted by atomic mass is 16.5. The fourth-order valence-corrected chi connectivity index (χ4v) is 2.44. The molecule has 0 fully saturated rings. The maximum Gasteiger partial charge on any atom is 0.338 e. The lowest BCUT2D eigenvalue weighted by Gasteiger charge is -2.20. The number of ether oxygens (including phenoxy) is 1. The Hall–Kier alpha value is -2.35. The third kappa shape index (κ3) is 3.45. The molecule has 0 radical (unpaired) electrons. The summed E-state index contributed by atoms with van der Waals surface area (Å²) in [4.78, 5) is 26.0. The van der Waals surface area contributed by atoms with Crippen molar-refractivity contribution >= 4 is 11.9 Å². The summed E-state index contributed by atoms with van der Waals surface area (Å²) in [5.74, 6) is -0.628. The number of hydrogen-bond donors (Lipinski definition) is 0. The van der Waals surface area contributed by atoms with Crippen LogP contribution in [-0.2, 0) is 16.0 Å². The highest BCUT2D eigenvalue weighted by molar-refractivity contribution is 5.94. The van der Waals surface area contributed by atoms with Crippen LogP contribution in [0.5, 0.6) is 0 Å². The zero-order valence-corrected chi connectivity index (χ0v) is 13.8. The number of esters is 1. The molecule has 1 aromatic rings. The van der Waals surface area contributed by atoms with E-state index >= 15 is 0 Å². The summed E-state index contributed by atoms with van der Waals surface area (Å²) in [6.45, 7) is 8.63. The van der Waals surface area contributed by atoms with Gasteiger partial charge in [0.15, 0.2) is 0 Å². The number of rotatable bonds is 5. The van der Waals surface area contributed by atoms with Crippen molar-refractivity contribution in [3.8, 4) is 6.07 Å². The lowest BCUT2D eigenvalue weighted by Crippen LogP contribution is -2.32. The average Bonchev–Trinajstić information content (AvgIpc) is 2.51. The van der Waals surface area contributed by atoms with Gasteiger partial charge in [-0.1, -0.05) is 0 Å². The lowest BCUT2D eigenvalue weighted by molar-refractivity contribution is -0.130. The Bertz CT molecular complexity index is 626. The largest absolute Gasteiger partial charge is 0.465 e. The number of benzene rings is 1. The van der Waals surface area contributed by atoms with E-state index in [0.29, 0.717) is 29.8 Å². The Labute approximate surface area is 131 Å². The molecule has 118 valence electrons. The first-order chi connectivity index (χ1) is 10.4. The van der Waals surface area contributed by atoms with Crippen molar-refractivity contribution in [2.75, 3.05) is 20.2 Å². The lowest BCUT2D eigenvalue weighted by atomic mass is 9.91. The van der Waals surface area contributed by atoms with Gasteiger partial charge >= 0.3 is 5.97 Å². The van der Waals surface area contributed by atoms with Gasteiger partial charge < -0.3 is 9.64 Å². The van der Waals surface area contributed by atoms with E-state index in [1.807, 2.05) is 27.7 Å². The zero-order valence-electron chi connectivity index (χ0n) is 13.8. The first-order valence-corrected chi connectivity index (χ1v) is 7.30. The molecule has 1 aromatic carbocycles. The van der Waals surface area contributed by atoms with Gasteiger partial charge in [0.1, 0.15) is 0 Å². The smallest absolute Gasteiger partial charge is 0.338 e. The molecule has 0 saturated carbocycles. The topological polar surface area (TPSA) is 70.4 Å². The van der Waals surface area contributed by atoms with Crippen molar-refractivity contribution in [2.45, 2.75) is 34.1 Å². The van der Waals surface area contributed by atoms with E-state index in [1.54, 1.807) is 11.0 Å². The molecule has 0 atom stereocenters. The van der Waals surface area contributed by atoms with Crippen molar-refractivity contribution in [3.05, 3.63) is 33.9 Å². The molecule has 0 N–H and O–H groups in total. The summed E-state index contributed by atoms with van der Waals surface area (Å²) in [6, 6.07) is 3.81. The predicted octanol–water partition coefficient (Wildman–Crippen LogP) is 2.37. The van der Waals surface area contributed by atoms with Crippen molar-refractivity contribution in [1.29, 1.82) is 5.26 Å². The standard InChI is InChI=1S/C17H22N2O3/c1-6-19(7-2)16(20)9-13-14(17(21)22-5)8-11(3)12(4)15(13)10-18/h8H,6-7,9H2,1-5H3. The third-order valence-electron chi connectivity index (χ3n) is 3.92. The average molecular weight is 302 g/mol. The van der Waals surface area contributed by atoms with E-state index in [1.165, 1.54) is 7.11 Å². The van der Waals surface area contributed by atoms with Crippen LogP contribution in [0.3, 0.4) is 0 Å². The predicted molar refractivity (Wildman–Crippen MR) is 83.6 cm³/mol. The van der Waals surface area contributed by atoms with E-state index in [2.05, 4.69) is 6.07 Å². The summed E-state index contributed by atoms with van der Waals surface area (Å²) in [5, 5.41) is 9.44. The molecule has 22 heavy (non-hydrogen) atoms. The van der Waals surface area contributed by atoms with Crippen LogP contribution in [0.25, 0.3) is 0 Å². The van der Waals surface area contributed by atoms with Crippen molar-refractivity contribution in [3.63, 3.8) is 0 Å². The highest BCUT2D eigenvalue weighted by Crippen LogP contribution is 2.24. The molecule has 0 unspecified atom stereocenters. The molecule has 5 heteroatoms. The SMILES string of the molecule is CCN(CC)C(=O)Cc1c(C(=O)OC)cc(C)c(C)c1C#N. The monoisotopic (exact) mass is 302 g/mol. The van der Waals surface area contributed by atoms with Crippen molar-refractivity contribution in [1.82, 2.24) is 4.90 Å². The van der Waals surface area contributed by atoms with E-state index in [-0.39, 0.29) is 12.3 Å². The number of hydrogen-bond acceptors (Lipinski definition) is 4. The van der Waals surface area contributed by atoms with Crippen molar-refractivity contribution < 1.29 is 14.3 Å². The third-order valence-corrected chi connectivity index (χ3v) is 3.92. The summed E-state index contributed by atoms with van der Waals surface area (Å²) in [6.07, 6.45) is 0.0239. The summed E-state index contributed by atoms with van der Waals surface area (Å²) >= 11 is 0. The molecule has 0 aliphatic heterocycles. The molecule has 5 nitrogen and oxygen atoms in total. The van der Waals surface area contributed by atoms with Crippen LogP contribution in [0, 0.1) is 25.2 Å². The Balaban J connectivity index is 3.43. The summed E-state index contributed by atoms with van der Waals surface area (Å²) in [7, 11) is 1.29. The first kappa shape index (κ1) is 17.7. The van der Waals surface area contributed by atoms with Crippen LogP contribution < -0.4 is 0 Å². The summed E-state index contributed by atoms with van der Waals surface area (Å²) < 4.78 is 4.79. The second-order valence-electron chi connectivity index (χ2n) is 5.07. The molecule has 0 saturated heterocycles. The van der Waals surface area contributed by atoms with E-state index < -0.39 is 5.97 Å². The molecule has 0 heterocycles. The van der Waals surface area contributed by atoms with Crippen LogP contribution in [-0.4, -0.2) is 37.0 Å². The number of nitriles is 1. The zero-order chi connectivity index (χ0) is 16.9. The fraction of sp³-hybridized carbons (Fsp3) is 0.471. The minimum Gasteiger partial charge on any atom is -0.465 e. The Morgan fingerprint density at radius 2 is 1.86 bits per heavy atom. The molecule has 0 spiro atoms. The Kier molecular flexibility index (Phi) is 6.11. The molecule has 1 amide bonds. The quantitative estimate of drug-likeness (QED) is 0.783. The van der Waals surface area contributed by atoms with Gasteiger partial charge in [-0.15, -0.1) is 0 Å². The van der Waals surface area contributed by atoms with Gasteiger partial charge in [-0.3, -0.25) is 4.79 Å².